The van der Waals surface area contributed by atoms with Gasteiger partial charge in [0.25, 0.3) is 0 Å². The van der Waals surface area contributed by atoms with Gasteiger partial charge in [0, 0.05) is 24.8 Å². The summed E-state index contributed by atoms with van der Waals surface area (Å²) in [5.74, 6) is 0. The topological polar surface area (TPSA) is 245 Å². The van der Waals surface area contributed by atoms with Crippen LogP contribution in [0.2, 0.25) is 0 Å². The third-order valence-electron chi connectivity index (χ3n) is 4.13. The van der Waals surface area contributed by atoms with Gasteiger partial charge in [0.05, 0.1) is 22.8 Å². The van der Waals surface area contributed by atoms with Gasteiger partial charge in [-0.05, 0) is 58.9 Å². The molecule has 0 aliphatic rings. The Bertz CT molecular complexity index is 1260. The largest absolute Gasteiger partial charge is 3.00 e. The zero-order valence-corrected chi connectivity index (χ0v) is 24.6. The van der Waals surface area contributed by atoms with Crippen molar-refractivity contribution in [3.05, 3.63) is 120 Å². The Balaban J connectivity index is 0.000000355. The minimum absolute atomic E-state index is 0. The van der Waals surface area contributed by atoms with E-state index in [2.05, 4.69) is 65.6 Å². The van der Waals surface area contributed by atoms with Crippen molar-refractivity contribution in [1.29, 1.82) is 0 Å². The Hall–Kier alpha value is -4.04. The van der Waals surface area contributed by atoms with Crippen LogP contribution in [-0.2, 0) is 42.0 Å². The molecule has 0 amide bonds. The zero-order chi connectivity index (χ0) is 30.1. The maximum atomic E-state index is 8.49. The van der Waals surface area contributed by atoms with Gasteiger partial charge in [-0.2, -0.15) is 10.2 Å². The summed E-state index contributed by atoms with van der Waals surface area (Å²) in [6.45, 7) is 0. The molecule has 218 valence electrons. The van der Waals surface area contributed by atoms with Crippen molar-refractivity contribution < 1.29 is 45.7 Å². The molecule has 4 heterocycles. The number of amidine groups is 2. The van der Waals surface area contributed by atoms with Crippen molar-refractivity contribution in [3.8, 4) is 0 Å². The molecule has 0 saturated carbocycles. The second-order valence-electron chi connectivity index (χ2n) is 7.01. The SMILES string of the molecule is N/C([S-])=N/N=C(c1ccccn1)c1ccccn1.N/C([S-])=N\N=C(c1ccccn1)c1ccccn1.[Co+3].[O-][Cl+3]([O-])([O-])[O-]. The van der Waals surface area contributed by atoms with E-state index in [-0.39, 0.29) is 27.1 Å². The first kappa shape index (κ1) is 36.0. The molecular weight excluding hydrogens is 651 g/mol. The van der Waals surface area contributed by atoms with E-state index in [1.165, 1.54) is 0 Å². The molecule has 0 radical (unpaired) electrons. The Morgan fingerprint density at radius 1 is 0.524 bits per heavy atom. The van der Waals surface area contributed by atoms with Crippen LogP contribution >= 0.6 is 0 Å². The second-order valence-corrected chi connectivity index (χ2v) is 8.60. The number of pyridine rings is 4. The van der Waals surface area contributed by atoms with Crippen molar-refractivity contribution in [1.82, 2.24) is 19.9 Å². The van der Waals surface area contributed by atoms with Crippen LogP contribution in [0, 0.1) is 10.2 Å². The van der Waals surface area contributed by atoms with Crippen molar-refractivity contribution in [3.63, 3.8) is 0 Å². The van der Waals surface area contributed by atoms with E-state index >= 15 is 0 Å². The van der Waals surface area contributed by atoms with Crippen LogP contribution in [-0.4, -0.2) is 41.7 Å². The van der Waals surface area contributed by atoms with Crippen LogP contribution in [0.15, 0.2) is 118 Å². The van der Waals surface area contributed by atoms with E-state index < -0.39 is 10.2 Å². The number of nitrogens with two attached hydrogens (primary N) is 2. The maximum Gasteiger partial charge on any atom is 3.00 e. The smallest absolute Gasteiger partial charge is 0.741 e. The second kappa shape index (κ2) is 19.1. The first-order valence-corrected chi connectivity index (χ1v) is 13.0. The molecule has 4 aromatic heterocycles. The molecule has 0 aliphatic heterocycles. The Kier molecular flexibility index (Phi) is 16.4. The van der Waals surface area contributed by atoms with Crippen molar-refractivity contribution in [2.24, 2.45) is 31.9 Å². The third kappa shape index (κ3) is 15.1. The molecule has 0 atom stereocenters. The fourth-order valence-electron chi connectivity index (χ4n) is 2.68. The standard InChI is InChI=1S/2C12H11N5S.ClHO4.Co/c2*13-12(18)17-16-11(9-5-1-3-7-14-9)10-6-2-4-8-15-10;2-1(3,4)5;/h2*1-8H,(H3,13,17,18);(H,2,3,4,5);/q;;;+3/p-3. The number of halogens is 1. The van der Waals surface area contributed by atoms with E-state index in [1.807, 2.05) is 72.8 Å². The van der Waals surface area contributed by atoms with Crippen molar-refractivity contribution in [2.75, 3.05) is 0 Å². The van der Waals surface area contributed by atoms with Crippen LogP contribution < -0.4 is 30.1 Å². The van der Waals surface area contributed by atoms with Gasteiger partial charge < -0.3 is 36.7 Å². The monoisotopic (exact) mass is 670 g/mol. The fraction of sp³-hybridized carbons (Fsp3) is 0. The summed E-state index contributed by atoms with van der Waals surface area (Å²) in [7, 11) is -4.94. The van der Waals surface area contributed by atoms with Crippen LogP contribution in [0.1, 0.15) is 22.8 Å². The van der Waals surface area contributed by atoms with Gasteiger partial charge >= 0.3 is 16.8 Å². The number of aromatic nitrogens is 4. The summed E-state index contributed by atoms with van der Waals surface area (Å²) in [5.41, 5.74) is 14.3. The fourth-order valence-corrected chi connectivity index (χ4v) is 2.76. The van der Waals surface area contributed by atoms with Crippen LogP contribution in [0.25, 0.3) is 0 Å². The Labute approximate surface area is 263 Å². The molecule has 0 unspecified atom stereocenters. The van der Waals surface area contributed by atoms with E-state index in [4.69, 9.17) is 30.1 Å². The van der Waals surface area contributed by atoms with E-state index in [0.717, 1.165) is 0 Å². The number of rotatable bonds is 6. The maximum absolute atomic E-state index is 8.49. The van der Waals surface area contributed by atoms with Crippen LogP contribution in [0.3, 0.4) is 0 Å². The zero-order valence-electron chi connectivity index (χ0n) is 21.1. The van der Waals surface area contributed by atoms with Crippen LogP contribution in [0.4, 0.5) is 0 Å². The average molecular weight is 671 g/mol. The molecule has 42 heavy (non-hydrogen) atoms. The van der Waals surface area contributed by atoms with E-state index in [1.54, 1.807) is 24.8 Å². The number of hydrogen-bond acceptors (Lipinski definition) is 14. The van der Waals surface area contributed by atoms with Crippen molar-refractivity contribution in [2.45, 2.75) is 0 Å². The minimum atomic E-state index is -4.94. The molecule has 18 heteroatoms. The molecule has 0 saturated heterocycles. The molecule has 0 spiro atoms. The molecule has 0 bridgehead atoms. The van der Waals surface area contributed by atoms with Gasteiger partial charge in [-0.1, -0.05) is 24.3 Å². The van der Waals surface area contributed by atoms with Gasteiger partial charge in [0.15, 0.2) is 0 Å². The summed E-state index contributed by atoms with van der Waals surface area (Å²) in [6.07, 6.45) is 6.70. The summed E-state index contributed by atoms with van der Waals surface area (Å²) < 4.78 is 34.0. The molecule has 4 aromatic rings. The number of hydrogen-bond donors (Lipinski definition) is 2. The normalized spacial score (nSPS) is 10.9. The molecular formula is C24H20ClCoN10O4S2. The van der Waals surface area contributed by atoms with Crippen LogP contribution in [0.5, 0.6) is 0 Å². The summed E-state index contributed by atoms with van der Waals surface area (Å²) in [4.78, 5) is 16.9. The van der Waals surface area contributed by atoms with E-state index in [0.29, 0.717) is 34.2 Å². The minimum Gasteiger partial charge on any atom is -0.741 e. The molecule has 0 aromatic carbocycles. The first-order valence-electron chi connectivity index (χ1n) is 11.0. The van der Waals surface area contributed by atoms with Gasteiger partial charge in [0.2, 0.25) is 0 Å². The van der Waals surface area contributed by atoms with Gasteiger partial charge in [0.1, 0.15) is 11.4 Å². The molecule has 0 fully saturated rings. The third-order valence-corrected chi connectivity index (χ3v) is 4.29. The van der Waals surface area contributed by atoms with E-state index in [9.17, 15) is 0 Å². The quantitative estimate of drug-likeness (QED) is 0.0930. The molecule has 14 nitrogen and oxygen atoms in total. The first-order chi connectivity index (χ1) is 19.5. The molecule has 0 aliphatic carbocycles. The van der Waals surface area contributed by atoms with Gasteiger partial charge in [-0.3, -0.25) is 19.9 Å². The molecule has 4 N–H and O–H groups in total. The van der Waals surface area contributed by atoms with Gasteiger partial charge in [-0.25, -0.2) is 18.6 Å². The predicted molar refractivity (Wildman–Crippen MR) is 146 cm³/mol. The summed E-state index contributed by atoms with van der Waals surface area (Å²) >= 11 is 9.35. The van der Waals surface area contributed by atoms with Gasteiger partial charge in [-0.15, -0.1) is 20.4 Å². The Morgan fingerprint density at radius 2 is 0.762 bits per heavy atom. The molecule has 4 rings (SSSR count). The van der Waals surface area contributed by atoms with Crippen molar-refractivity contribution >= 4 is 47.0 Å². The number of nitrogens with zero attached hydrogens (tertiary/aromatic N) is 8. The summed E-state index contributed by atoms with van der Waals surface area (Å²) in [5, 5.41) is 15.4. The predicted octanol–water partition coefficient (Wildman–Crippen LogP) is -2.58. The average Bonchev–Trinajstić information content (AvgIpc) is 2.95. The summed E-state index contributed by atoms with van der Waals surface area (Å²) in [6, 6.07) is 22.0. The Morgan fingerprint density at radius 3 is 0.929 bits per heavy atom.